The summed E-state index contributed by atoms with van der Waals surface area (Å²) in [4.78, 5) is 0. The van der Waals surface area contributed by atoms with Crippen LogP contribution in [0.5, 0.6) is 0 Å². The van der Waals surface area contributed by atoms with Gasteiger partial charge >= 0.3 is 0 Å². The maximum atomic E-state index is 13.4. The first-order valence-electron chi connectivity index (χ1n) is 5.23. The fourth-order valence-corrected chi connectivity index (χ4v) is 2.25. The van der Waals surface area contributed by atoms with Gasteiger partial charge in [-0.3, -0.25) is 0 Å². The molecule has 1 atom stereocenters. The van der Waals surface area contributed by atoms with Crippen molar-refractivity contribution in [1.82, 2.24) is 0 Å². The first kappa shape index (κ1) is 10.6. The van der Waals surface area contributed by atoms with Crippen LogP contribution in [0.3, 0.4) is 0 Å². The van der Waals surface area contributed by atoms with Crippen LogP contribution in [-0.2, 0) is 11.8 Å². The van der Waals surface area contributed by atoms with Gasteiger partial charge in [0.25, 0.3) is 5.92 Å². The van der Waals surface area contributed by atoms with Crippen LogP contribution in [0.1, 0.15) is 24.5 Å². The quantitative estimate of drug-likeness (QED) is 0.816. The second-order valence-corrected chi connectivity index (χ2v) is 4.18. The second-order valence-electron chi connectivity index (χ2n) is 4.18. The molecule has 1 aromatic carbocycles. The third-order valence-electron chi connectivity index (χ3n) is 3.36. The van der Waals surface area contributed by atoms with E-state index in [1.165, 1.54) is 0 Å². The fraction of sp³-hybridized carbons (Fsp3) is 0.500. The highest BCUT2D eigenvalue weighted by Crippen LogP contribution is 2.61. The van der Waals surface area contributed by atoms with Gasteiger partial charge in [-0.05, 0) is 17.5 Å². The molecule has 0 aliphatic heterocycles. The summed E-state index contributed by atoms with van der Waals surface area (Å²) in [5.41, 5.74) is 6.16. The zero-order chi connectivity index (χ0) is 11.1. The molecule has 2 rings (SSSR count). The number of hydrogen-bond donors (Lipinski definition) is 1. The summed E-state index contributed by atoms with van der Waals surface area (Å²) < 4.78 is 26.7. The highest BCUT2D eigenvalue weighted by atomic mass is 19.3. The van der Waals surface area contributed by atoms with E-state index in [0.717, 1.165) is 17.5 Å². The summed E-state index contributed by atoms with van der Waals surface area (Å²) in [6, 6.07) is 7.38. The molecule has 82 valence electrons. The molecular formula is C12H15F2N. The Bertz CT molecular complexity index is 376. The minimum absolute atomic E-state index is 0.0248. The van der Waals surface area contributed by atoms with Crippen LogP contribution in [0.4, 0.5) is 8.78 Å². The van der Waals surface area contributed by atoms with E-state index in [2.05, 4.69) is 0 Å². The number of benzene rings is 1. The minimum Gasteiger partial charge on any atom is -0.329 e. The van der Waals surface area contributed by atoms with Crippen molar-refractivity contribution in [3.63, 3.8) is 0 Å². The van der Waals surface area contributed by atoms with Gasteiger partial charge in [0.2, 0.25) is 0 Å². The summed E-state index contributed by atoms with van der Waals surface area (Å²) in [5, 5.41) is 0. The van der Waals surface area contributed by atoms with Crippen molar-refractivity contribution in [3.8, 4) is 0 Å². The van der Waals surface area contributed by atoms with Crippen molar-refractivity contribution in [3.05, 3.63) is 35.4 Å². The lowest BCUT2D eigenvalue weighted by molar-refractivity contribution is 0.0894. The molecule has 0 amide bonds. The van der Waals surface area contributed by atoms with E-state index >= 15 is 0 Å². The first-order chi connectivity index (χ1) is 7.07. The predicted octanol–water partition coefficient (Wildman–Crippen LogP) is 2.48. The van der Waals surface area contributed by atoms with Crippen molar-refractivity contribution in [2.45, 2.75) is 31.1 Å². The molecule has 0 radical (unpaired) electrons. The summed E-state index contributed by atoms with van der Waals surface area (Å²) in [5.74, 6) is -2.62. The van der Waals surface area contributed by atoms with Crippen molar-refractivity contribution >= 4 is 0 Å². The molecular weight excluding hydrogens is 196 g/mol. The highest BCUT2D eigenvalue weighted by molar-refractivity contribution is 5.43. The first-order valence-corrected chi connectivity index (χ1v) is 5.23. The number of alkyl halides is 2. The fourth-order valence-electron chi connectivity index (χ4n) is 2.25. The normalized spacial score (nSPS) is 27.7. The number of aryl methyl sites for hydroxylation is 1. The zero-order valence-corrected chi connectivity index (χ0v) is 8.76. The molecule has 2 N–H and O–H groups in total. The Morgan fingerprint density at radius 3 is 2.40 bits per heavy atom. The van der Waals surface area contributed by atoms with E-state index in [1.807, 2.05) is 19.1 Å². The Morgan fingerprint density at radius 2 is 1.93 bits per heavy atom. The van der Waals surface area contributed by atoms with Gasteiger partial charge in [-0.1, -0.05) is 31.2 Å². The van der Waals surface area contributed by atoms with E-state index in [9.17, 15) is 8.78 Å². The van der Waals surface area contributed by atoms with Crippen LogP contribution in [0, 0.1) is 0 Å². The van der Waals surface area contributed by atoms with Gasteiger partial charge in [-0.2, -0.15) is 0 Å². The lowest BCUT2D eigenvalue weighted by atomic mass is 9.90. The van der Waals surface area contributed by atoms with Gasteiger partial charge < -0.3 is 5.73 Å². The maximum Gasteiger partial charge on any atom is 0.260 e. The Morgan fingerprint density at radius 1 is 1.33 bits per heavy atom. The average molecular weight is 211 g/mol. The molecule has 3 heteroatoms. The Kier molecular flexibility index (Phi) is 2.30. The lowest BCUT2D eigenvalue weighted by Crippen LogP contribution is -2.27. The average Bonchev–Trinajstić information content (AvgIpc) is 2.82. The maximum absolute atomic E-state index is 13.4. The van der Waals surface area contributed by atoms with Crippen LogP contribution in [-0.4, -0.2) is 12.5 Å². The highest BCUT2D eigenvalue weighted by Gasteiger charge is 2.71. The molecule has 1 saturated carbocycles. The van der Waals surface area contributed by atoms with Crippen LogP contribution in [0.2, 0.25) is 0 Å². The Balaban J connectivity index is 2.46. The van der Waals surface area contributed by atoms with Crippen LogP contribution in [0.15, 0.2) is 24.3 Å². The van der Waals surface area contributed by atoms with E-state index in [-0.39, 0.29) is 13.0 Å². The van der Waals surface area contributed by atoms with E-state index in [1.54, 1.807) is 12.1 Å². The summed E-state index contributed by atoms with van der Waals surface area (Å²) in [7, 11) is 0. The smallest absolute Gasteiger partial charge is 0.260 e. The second kappa shape index (κ2) is 3.27. The van der Waals surface area contributed by atoms with Crippen molar-refractivity contribution in [2.24, 2.45) is 5.73 Å². The molecule has 1 aliphatic carbocycles. The van der Waals surface area contributed by atoms with Crippen molar-refractivity contribution in [1.29, 1.82) is 0 Å². The minimum atomic E-state index is -2.62. The van der Waals surface area contributed by atoms with Gasteiger partial charge in [0.1, 0.15) is 0 Å². The third kappa shape index (κ3) is 1.37. The molecule has 0 aromatic heterocycles. The lowest BCUT2D eigenvalue weighted by Gasteiger charge is -2.17. The Labute approximate surface area is 88.3 Å². The summed E-state index contributed by atoms with van der Waals surface area (Å²) in [6.45, 7) is 2.00. The van der Waals surface area contributed by atoms with Crippen LogP contribution in [0.25, 0.3) is 0 Å². The molecule has 1 aliphatic rings. The van der Waals surface area contributed by atoms with Gasteiger partial charge in [0, 0.05) is 13.0 Å². The molecule has 1 fully saturated rings. The number of halogens is 2. The topological polar surface area (TPSA) is 26.0 Å². The van der Waals surface area contributed by atoms with E-state index in [0.29, 0.717) is 0 Å². The SMILES string of the molecule is CCc1ccccc1C1(CN)CC1(F)F. The molecule has 0 spiro atoms. The van der Waals surface area contributed by atoms with Crippen LogP contribution >= 0.6 is 0 Å². The van der Waals surface area contributed by atoms with Crippen LogP contribution < -0.4 is 5.73 Å². The van der Waals surface area contributed by atoms with E-state index < -0.39 is 11.3 Å². The molecule has 1 nitrogen and oxygen atoms in total. The molecule has 1 aromatic rings. The van der Waals surface area contributed by atoms with Gasteiger partial charge in [0.05, 0.1) is 5.41 Å². The summed E-state index contributed by atoms with van der Waals surface area (Å²) >= 11 is 0. The largest absolute Gasteiger partial charge is 0.329 e. The molecule has 15 heavy (non-hydrogen) atoms. The third-order valence-corrected chi connectivity index (χ3v) is 3.36. The number of hydrogen-bond acceptors (Lipinski definition) is 1. The van der Waals surface area contributed by atoms with Gasteiger partial charge in [-0.25, -0.2) is 8.78 Å². The van der Waals surface area contributed by atoms with Crippen molar-refractivity contribution in [2.75, 3.05) is 6.54 Å². The molecule has 0 heterocycles. The number of nitrogens with two attached hydrogens (primary N) is 1. The zero-order valence-electron chi connectivity index (χ0n) is 8.76. The van der Waals surface area contributed by atoms with Gasteiger partial charge in [0.15, 0.2) is 0 Å². The Hall–Kier alpha value is -0.960. The molecule has 0 bridgehead atoms. The standard InChI is InChI=1S/C12H15F2N/c1-2-9-5-3-4-6-10(9)11(8-15)7-12(11,13)14/h3-6H,2,7-8,15H2,1H3. The van der Waals surface area contributed by atoms with E-state index in [4.69, 9.17) is 5.73 Å². The van der Waals surface area contributed by atoms with Crippen molar-refractivity contribution < 1.29 is 8.78 Å². The molecule has 0 saturated heterocycles. The monoisotopic (exact) mass is 211 g/mol. The van der Waals surface area contributed by atoms with Gasteiger partial charge in [-0.15, -0.1) is 0 Å². The predicted molar refractivity (Wildman–Crippen MR) is 56.1 cm³/mol. The summed E-state index contributed by atoms with van der Waals surface area (Å²) in [6.07, 6.45) is 0.668. The number of rotatable bonds is 3. The molecule has 1 unspecified atom stereocenters.